The van der Waals surface area contributed by atoms with Gasteiger partial charge in [-0.15, -0.1) is 0 Å². The first kappa shape index (κ1) is 15.9. The maximum absolute atomic E-state index is 12.5. The standard InChI is InChI=1S/C14H20BrNO3S/c1-12-3-2-4-14(11-12)20(17,18)16-8-5-13(6-9-16)19-10-7-15/h2-4,11,13H,5-10H2,1H3. The van der Waals surface area contributed by atoms with Crippen molar-refractivity contribution in [1.29, 1.82) is 0 Å². The normalized spacial score (nSPS) is 18.3. The molecule has 1 aliphatic rings. The molecule has 0 bridgehead atoms. The molecule has 0 atom stereocenters. The molecule has 0 saturated carbocycles. The number of hydrogen-bond acceptors (Lipinski definition) is 3. The van der Waals surface area contributed by atoms with Gasteiger partial charge < -0.3 is 4.74 Å². The Hall–Kier alpha value is -0.430. The Morgan fingerprint density at radius 1 is 1.35 bits per heavy atom. The summed E-state index contributed by atoms with van der Waals surface area (Å²) in [7, 11) is -3.36. The maximum atomic E-state index is 12.5. The Morgan fingerprint density at radius 3 is 2.65 bits per heavy atom. The molecule has 1 aromatic rings. The van der Waals surface area contributed by atoms with Crippen LogP contribution in [0.5, 0.6) is 0 Å². The zero-order chi connectivity index (χ0) is 14.6. The summed E-state index contributed by atoms with van der Waals surface area (Å²) in [6.45, 7) is 3.64. The van der Waals surface area contributed by atoms with Gasteiger partial charge in [0, 0.05) is 18.4 Å². The highest BCUT2D eigenvalue weighted by molar-refractivity contribution is 9.09. The van der Waals surface area contributed by atoms with Crippen LogP contribution in [0.1, 0.15) is 18.4 Å². The fourth-order valence-electron chi connectivity index (χ4n) is 2.38. The Balaban J connectivity index is 2.02. The second-order valence-corrected chi connectivity index (χ2v) is 7.71. The molecule has 0 aromatic heterocycles. The Labute approximate surface area is 129 Å². The van der Waals surface area contributed by atoms with E-state index in [4.69, 9.17) is 4.74 Å². The highest BCUT2D eigenvalue weighted by atomic mass is 79.9. The van der Waals surface area contributed by atoms with Crippen LogP contribution in [0.25, 0.3) is 0 Å². The van der Waals surface area contributed by atoms with Gasteiger partial charge in [0.15, 0.2) is 0 Å². The molecule has 1 fully saturated rings. The summed E-state index contributed by atoms with van der Waals surface area (Å²) >= 11 is 3.33. The molecule has 112 valence electrons. The minimum absolute atomic E-state index is 0.177. The SMILES string of the molecule is Cc1cccc(S(=O)(=O)N2CCC(OCCBr)CC2)c1. The third kappa shape index (κ3) is 3.81. The Kier molecular flexibility index (Phi) is 5.60. The lowest BCUT2D eigenvalue weighted by Gasteiger charge is -2.31. The van der Waals surface area contributed by atoms with Crippen LogP contribution in [0, 0.1) is 6.92 Å². The topological polar surface area (TPSA) is 46.6 Å². The van der Waals surface area contributed by atoms with E-state index >= 15 is 0 Å². The first-order chi connectivity index (χ1) is 9.54. The second kappa shape index (κ2) is 7.02. The zero-order valence-corrected chi connectivity index (χ0v) is 14.0. The lowest BCUT2D eigenvalue weighted by Crippen LogP contribution is -2.41. The fourth-order valence-corrected chi connectivity index (χ4v) is 4.14. The fraction of sp³-hybridized carbons (Fsp3) is 0.571. The smallest absolute Gasteiger partial charge is 0.243 e. The molecule has 4 nitrogen and oxygen atoms in total. The number of piperidine rings is 1. The number of benzene rings is 1. The van der Waals surface area contributed by atoms with Gasteiger partial charge in [0.1, 0.15) is 0 Å². The minimum Gasteiger partial charge on any atom is -0.377 e. The molecule has 1 heterocycles. The van der Waals surface area contributed by atoms with E-state index in [2.05, 4.69) is 15.9 Å². The van der Waals surface area contributed by atoms with Crippen LogP contribution in [0.2, 0.25) is 0 Å². The molecular formula is C14H20BrNO3S. The molecule has 0 N–H and O–H groups in total. The highest BCUT2D eigenvalue weighted by Gasteiger charge is 2.29. The summed E-state index contributed by atoms with van der Waals surface area (Å²) in [5.74, 6) is 0. The van der Waals surface area contributed by atoms with Crippen LogP contribution in [0.3, 0.4) is 0 Å². The van der Waals surface area contributed by atoms with E-state index < -0.39 is 10.0 Å². The minimum atomic E-state index is -3.36. The molecule has 1 aromatic carbocycles. The van der Waals surface area contributed by atoms with E-state index in [9.17, 15) is 8.42 Å². The molecule has 6 heteroatoms. The highest BCUT2D eigenvalue weighted by Crippen LogP contribution is 2.22. The molecular weight excluding hydrogens is 342 g/mol. The van der Waals surface area contributed by atoms with Gasteiger partial charge in [-0.1, -0.05) is 28.1 Å². The van der Waals surface area contributed by atoms with Crippen molar-refractivity contribution in [3.63, 3.8) is 0 Å². The van der Waals surface area contributed by atoms with Crippen LogP contribution in [-0.4, -0.2) is 43.9 Å². The van der Waals surface area contributed by atoms with Crippen molar-refractivity contribution in [2.75, 3.05) is 25.0 Å². The Bertz CT molecular complexity index is 539. The molecule has 2 rings (SSSR count). The van der Waals surface area contributed by atoms with Gasteiger partial charge in [-0.2, -0.15) is 4.31 Å². The van der Waals surface area contributed by atoms with Gasteiger partial charge in [-0.25, -0.2) is 8.42 Å². The van der Waals surface area contributed by atoms with Crippen LogP contribution < -0.4 is 0 Å². The van der Waals surface area contributed by atoms with Crippen molar-refractivity contribution < 1.29 is 13.2 Å². The number of halogens is 1. The van der Waals surface area contributed by atoms with Crippen LogP contribution in [-0.2, 0) is 14.8 Å². The van der Waals surface area contributed by atoms with Crippen LogP contribution in [0.15, 0.2) is 29.2 Å². The van der Waals surface area contributed by atoms with Gasteiger partial charge in [-0.05, 0) is 37.5 Å². The molecule has 0 radical (unpaired) electrons. The number of ether oxygens (including phenoxy) is 1. The van der Waals surface area contributed by atoms with Gasteiger partial charge in [0.05, 0.1) is 17.6 Å². The van der Waals surface area contributed by atoms with Gasteiger partial charge >= 0.3 is 0 Å². The molecule has 1 saturated heterocycles. The van der Waals surface area contributed by atoms with Crippen molar-refractivity contribution in [3.05, 3.63) is 29.8 Å². The van der Waals surface area contributed by atoms with Gasteiger partial charge in [-0.3, -0.25) is 0 Å². The van der Waals surface area contributed by atoms with Crippen molar-refractivity contribution in [1.82, 2.24) is 4.31 Å². The number of aryl methyl sites for hydroxylation is 1. The number of rotatable bonds is 5. The maximum Gasteiger partial charge on any atom is 0.243 e. The number of hydrogen-bond donors (Lipinski definition) is 0. The average molecular weight is 362 g/mol. The van der Waals surface area contributed by atoms with Crippen molar-refractivity contribution in [3.8, 4) is 0 Å². The van der Waals surface area contributed by atoms with Crippen molar-refractivity contribution in [2.24, 2.45) is 0 Å². The van der Waals surface area contributed by atoms with E-state index in [1.807, 2.05) is 13.0 Å². The molecule has 0 spiro atoms. The van der Waals surface area contributed by atoms with Crippen molar-refractivity contribution >= 4 is 26.0 Å². The quantitative estimate of drug-likeness (QED) is 0.757. The number of sulfonamides is 1. The second-order valence-electron chi connectivity index (χ2n) is 4.98. The van der Waals surface area contributed by atoms with E-state index in [0.29, 0.717) is 24.6 Å². The number of alkyl halides is 1. The van der Waals surface area contributed by atoms with Crippen molar-refractivity contribution in [2.45, 2.75) is 30.8 Å². The van der Waals surface area contributed by atoms with Crippen LogP contribution >= 0.6 is 15.9 Å². The number of nitrogens with zero attached hydrogens (tertiary/aromatic N) is 1. The monoisotopic (exact) mass is 361 g/mol. The summed E-state index contributed by atoms with van der Waals surface area (Å²) in [4.78, 5) is 0.386. The Morgan fingerprint density at radius 2 is 2.05 bits per heavy atom. The van der Waals surface area contributed by atoms with Crippen LogP contribution in [0.4, 0.5) is 0 Å². The third-order valence-electron chi connectivity index (χ3n) is 3.46. The molecule has 0 amide bonds. The van der Waals surface area contributed by atoms with E-state index in [1.165, 1.54) is 0 Å². The average Bonchev–Trinajstić information content (AvgIpc) is 2.45. The summed E-state index contributed by atoms with van der Waals surface area (Å²) in [6.07, 6.45) is 1.70. The lowest BCUT2D eigenvalue weighted by molar-refractivity contribution is 0.0309. The third-order valence-corrected chi connectivity index (χ3v) is 5.68. The van der Waals surface area contributed by atoms with E-state index in [-0.39, 0.29) is 6.10 Å². The summed E-state index contributed by atoms with van der Waals surface area (Å²) < 4.78 is 32.3. The molecule has 20 heavy (non-hydrogen) atoms. The predicted molar refractivity (Wildman–Crippen MR) is 82.7 cm³/mol. The van der Waals surface area contributed by atoms with E-state index in [1.54, 1.807) is 22.5 Å². The predicted octanol–water partition coefficient (Wildman–Crippen LogP) is 2.56. The van der Waals surface area contributed by atoms with Gasteiger partial charge in [0.2, 0.25) is 10.0 Å². The summed E-state index contributed by atoms with van der Waals surface area (Å²) in [5.41, 5.74) is 0.960. The van der Waals surface area contributed by atoms with Gasteiger partial charge in [0.25, 0.3) is 0 Å². The summed E-state index contributed by atoms with van der Waals surface area (Å²) in [5, 5.41) is 0.814. The first-order valence-electron chi connectivity index (χ1n) is 6.78. The van der Waals surface area contributed by atoms with E-state index in [0.717, 1.165) is 23.7 Å². The largest absolute Gasteiger partial charge is 0.377 e. The molecule has 1 aliphatic heterocycles. The first-order valence-corrected chi connectivity index (χ1v) is 9.34. The molecule has 0 aliphatic carbocycles. The lowest BCUT2D eigenvalue weighted by atomic mass is 10.1. The zero-order valence-electron chi connectivity index (χ0n) is 11.6. The summed E-state index contributed by atoms with van der Waals surface area (Å²) in [6, 6.07) is 7.08. The molecule has 0 unspecified atom stereocenters.